The zero-order valence-electron chi connectivity index (χ0n) is 10.7. The van der Waals surface area contributed by atoms with Gasteiger partial charge in [-0.2, -0.15) is 0 Å². The molecule has 1 aromatic carbocycles. The van der Waals surface area contributed by atoms with Crippen LogP contribution in [0.2, 0.25) is 5.02 Å². The fraction of sp³-hybridized carbons (Fsp3) is 0.600. The van der Waals surface area contributed by atoms with E-state index in [-0.39, 0.29) is 0 Å². The minimum atomic E-state index is 0.419. The molecule has 2 rings (SSSR count). The molecule has 3 atom stereocenters. The number of hydrogen-bond acceptors (Lipinski definition) is 1. The molecular weight excluding hydrogens is 230 g/mol. The topological polar surface area (TPSA) is 12.0 Å². The molecule has 2 heteroatoms. The van der Waals surface area contributed by atoms with Gasteiger partial charge in [0.05, 0.1) is 0 Å². The third-order valence-corrected chi connectivity index (χ3v) is 4.04. The molecule has 0 aliphatic heterocycles. The second kappa shape index (κ2) is 5.88. The van der Waals surface area contributed by atoms with Crippen molar-refractivity contribution >= 4 is 11.6 Å². The number of halogens is 1. The van der Waals surface area contributed by atoms with Gasteiger partial charge in [0.15, 0.2) is 0 Å². The monoisotopic (exact) mass is 251 g/mol. The second-order valence-electron chi connectivity index (χ2n) is 5.41. The van der Waals surface area contributed by atoms with E-state index in [1.54, 1.807) is 0 Å². The highest BCUT2D eigenvalue weighted by atomic mass is 35.5. The van der Waals surface area contributed by atoms with Crippen molar-refractivity contribution in [1.29, 1.82) is 0 Å². The Bertz CT molecular complexity index is 346. The molecule has 17 heavy (non-hydrogen) atoms. The average molecular weight is 252 g/mol. The molecule has 94 valence electrons. The first kappa shape index (κ1) is 12.9. The van der Waals surface area contributed by atoms with Gasteiger partial charge in [0, 0.05) is 17.1 Å². The van der Waals surface area contributed by atoms with E-state index in [2.05, 4.69) is 31.3 Å². The number of nitrogens with one attached hydrogen (secondary N) is 1. The molecule has 1 aliphatic carbocycles. The van der Waals surface area contributed by atoms with Crippen molar-refractivity contribution in [2.24, 2.45) is 5.92 Å². The summed E-state index contributed by atoms with van der Waals surface area (Å²) in [5.41, 5.74) is 1.33. The Kier molecular flexibility index (Phi) is 4.47. The Labute approximate surface area is 110 Å². The number of hydrogen-bond donors (Lipinski definition) is 1. The summed E-state index contributed by atoms with van der Waals surface area (Å²) in [7, 11) is 0. The molecule has 0 heterocycles. The first-order chi connectivity index (χ1) is 8.15. The van der Waals surface area contributed by atoms with E-state index in [0.29, 0.717) is 12.1 Å². The van der Waals surface area contributed by atoms with Gasteiger partial charge in [0.2, 0.25) is 0 Å². The average Bonchev–Trinajstić information content (AvgIpc) is 2.29. The fourth-order valence-electron chi connectivity index (χ4n) is 2.79. The fourth-order valence-corrected chi connectivity index (χ4v) is 2.91. The van der Waals surface area contributed by atoms with Crippen molar-refractivity contribution in [1.82, 2.24) is 5.32 Å². The zero-order valence-corrected chi connectivity index (χ0v) is 11.5. The molecule has 0 saturated heterocycles. The normalized spacial score (nSPS) is 26.8. The van der Waals surface area contributed by atoms with E-state index >= 15 is 0 Å². The molecule has 0 radical (unpaired) electrons. The van der Waals surface area contributed by atoms with Gasteiger partial charge >= 0.3 is 0 Å². The van der Waals surface area contributed by atoms with Gasteiger partial charge in [-0.3, -0.25) is 0 Å². The van der Waals surface area contributed by atoms with E-state index in [1.807, 2.05) is 12.1 Å². The van der Waals surface area contributed by atoms with Crippen molar-refractivity contribution in [3.63, 3.8) is 0 Å². The van der Waals surface area contributed by atoms with E-state index in [0.717, 1.165) is 10.9 Å². The molecule has 0 aromatic heterocycles. The van der Waals surface area contributed by atoms with Crippen LogP contribution in [0.4, 0.5) is 0 Å². The third-order valence-electron chi connectivity index (χ3n) is 3.79. The Morgan fingerprint density at radius 1 is 1.24 bits per heavy atom. The first-order valence-corrected chi connectivity index (χ1v) is 7.04. The molecule has 1 saturated carbocycles. The van der Waals surface area contributed by atoms with Gasteiger partial charge in [-0.25, -0.2) is 0 Å². The molecule has 0 spiro atoms. The minimum Gasteiger partial charge on any atom is -0.307 e. The number of rotatable bonds is 3. The van der Waals surface area contributed by atoms with Crippen LogP contribution in [0.15, 0.2) is 24.3 Å². The molecule has 1 aliphatic rings. The van der Waals surface area contributed by atoms with Crippen LogP contribution in [0.5, 0.6) is 0 Å². The minimum absolute atomic E-state index is 0.419. The maximum atomic E-state index is 5.91. The predicted octanol–water partition coefficient (Wildman–Crippen LogP) is 4.57. The maximum absolute atomic E-state index is 5.91. The summed E-state index contributed by atoms with van der Waals surface area (Å²) in [6.07, 6.45) is 5.40. The lowest BCUT2D eigenvalue weighted by atomic mass is 9.86. The van der Waals surface area contributed by atoms with Gasteiger partial charge < -0.3 is 5.32 Å². The SMILES string of the molecule is CC1CCCC(NC(C)c2ccc(Cl)cc2)C1. The third kappa shape index (κ3) is 3.72. The maximum Gasteiger partial charge on any atom is 0.0406 e. The molecule has 1 aromatic rings. The van der Waals surface area contributed by atoms with Crippen molar-refractivity contribution < 1.29 is 0 Å². The molecule has 1 N–H and O–H groups in total. The number of benzene rings is 1. The van der Waals surface area contributed by atoms with Crippen LogP contribution in [0.25, 0.3) is 0 Å². The summed E-state index contributed by atoms with van der Waals surface area (Å²) in [4.78, 5) is 0. The lowest BCUT2D eigenvalue weighted by Crippen LogP contribution is -2.35. The summed E-state index contributed by atoms with van der Waals surface area (Å²) < 4.78 is 0. The second-order valence-corrected chi connectivity index (χ2v) is 5.85. The van der Waals surface area contributed by atoms with Crippen LogP contribution < -0.4 is 5.32 Å². The highest BCUT2D eigenvalue weighted by Gasteiger charge is 2.20. The van der Waals surface area contributed by atoms with Crippen LogP contribution in [-0.2, 0) is 0 Å². The highest BCUT2D eigenvalue weighted by molar-refractivity contribution is 6.30. The van der Waals surface area contributed by atoms with Gasteiger partial charge in [-0.1, -0.05) is 43.5 Å². The molecule has 1 fully saturated rings. The largest absolute Gasteiger partial charge is 0.307 e. The van der Waals surface area contributed by atoms with Crippen LogP contribution in [0, 0.1) is 5.92 Å². The lowest BCUT2D eigenvalue weighted by Gasteiger charge is -2.30. The quantitative estimate of drug-likeness (QED) is 0.830. The van der Waals surface area contributed by atoms with E-state index < -0.39 is 0 Å². The summed E-state index contributed by atoms with van der Waals surface area (Å²) >= 11 is 5.91. The van der Waals surface area contributed by atoms with Gasteiger partial charge in [0.1, 0.15) is 0 Å². The van der Waals surface area contributed by atoms with Gasteiger partial charge in [-0.15, -0.1) is 0 Å². The molecule has 0 bridgehead atoms. The van der Waals surface area contributed by atoms with E-state index in [1.165, 1.54) is 31.2 Å². The molecular formula is C15H22ClN. The van der Waals surface area contributed by atoms with Crippen molar-refractivity contribution in [2.75, 3.05) is 0 Å². The summed E-state index contributed by atoms with van der Waals surface area (Å²) in [5, 5.41) is 4.55. The van der Waals surface area contributed by atoms with Gasteiger partial charge in [-0.05, 0) is 43.4 Å². The predicted molar refractivity (Wildman–Crippen MR) is 74.4 cm³/mol. The van der Waals surface area contributed by atoms with E-state index in [4.69, 9.17) is 11.6 Å². The smallest absolute Gasteiger partial charge is 0.0406 e. The molecule has 0 amide bonds. The van der Waals surface area contributed by atoms with Crippen LogP contribution in [0.3, 0.4) is 0 Å². The summed E-state index contributed by atoms with van der Waals surface area (Å²) in [5.74, 6) is 0.874. The van der Waals surface area contributed by atoms with Crippen LogP contribution in [0.1, 0.15) is 51.1 Å². The Morgan fingerprint density at radius 3 is 2.59 bits per heavy atom. The Balaban J connectivity index is 1.91. The van der Waals surface area contributed by atoms with Crippen LogP contribution in [-0.4, -0.2) is 6.04 Å². The van der Waals surface area contributed by atoms with Crippen molar-refractivity contribution in [3.05, 3.63) is 34.9 Å². The lowest BCUT2D eigenvalue weighted by molar-refractivity contribution is 0.285. The molecule has 1 nitrogen and oxygen atoms in total. The zero-order chi connectivity index (χ0) is 12.3. The Morgan fingerprint density at radius 2 is 1.94 bits per heavy atom. The summed E-state index contributed by atoms with van der Waals surface area (Å²) in [6, 6.07) is 9.28. The van der Waals surface area contributed by atoms with Crippen molar-refractivity contribution in [3.8, 4) is 0 Å². The van der Waals surface area contributed by atoms with Gasteiger partial charge in [0.25, 0.3) is 0 Å². The van der Waals surface area contributed by atoms with Crippen LogP contribution >= 0.6 is 11.6 Å². The first-order valence-electron chi connectivity index (χ1n) is 6.66. The summed E-state index contributed by atoms with van der Waals surface area (Å²) in [6.45, 7) is 4.60. The van der Waals surface area contributed by atoms with Crippen molar-refractivity contribution in [2.45, 2.75) is 51.6 Å². The van der Waals surface area contributed by atoms with E-state index in [9.17, 15) is 0 Å². The standard InChI is InChI=1S/C15H22ClN/c1-11-4-3-5-15(10-11)17-12(2)13-6-8-14(16)9-7-13/h6-9,11-12,15,17H,3-5,10H2,1-2H3. The highest BCUT2D eigenvalue weighted by Crippen LogP contribution is 2.26. The Hall–Kier alpha value is -0.530. The molecule has 3 unspecified atom stereocenters.